The third kappa shape index (κ3) is 4.41. The molecule has 0 aliphatic carbocycles. The van der Waals surface area contributed by atoms with Crippen LogP contribution in [0.3, 0.4) is 0 Å². The Morgan fingerprint density at radius 2 is 1.94 bits per heavy atom. The number of hydrogen-bond acceptors (Lipinski definition) is 4. The molecule has 4 nitrogen and oxygen atoms in total. The molecule has 0 aliphatic rings. The third-order valence-electron chi connectivity index (χ3n) is 1.58. The zero-order valence-electron chi connectivity index (χ0n) is 8.17. The Kier molecular flexibility index (Phi) is 4.94. The molecule has 0 aromatic heterocycles. The summed E-state index contributed by atoms with van der Waals surface area (Å²) in [6.45, 7) is 0. The summed E-state index contributed by atoms with van der Waals surface area (Å²) >= 11 is 5.72. The van der Waals surface area contributed by atoms with Gasteiger partial charge in [0.1, 0.15) is 4.32 Å². The van der Waals surface area contributed by atoms with Crippen molar-refractivity contribution >= 4 is 40.2 Å². The lowest BCUT2D eigenvalue weighted by molar-refractivity contribution is -0.133. The Balaban J connectivity index is 2.46. The molecule has 0 spiro atoms. The third-order valence-corrected chi connectivity index (χ3v) is 2.79. The minimum Gasteiger partial charge on any atom is -0.481 e. The van der Waals surface area contributed by atoms with E-state index in [0.717, 1.165) is 11.8 Å². The molecule has 1 rings (SSSR count). The van der Waals surface area contributed by atoms with Crippen LogP contribution in [0.2, 0.25) is 0 Å². The van der Waals surface area contributed by atoms with E-state index in [1.165, 1.54) is 0 Å². The first-order chi connectivity index (χ1) is 7.59. The highest BCUT2D eigenvalue weighted by Gasteiger charge is 2.08. The van der Waals surface area contributed by atoms with Gasteiger partial charge in [-0.25, -0.2) is 0 Å². The van der Waals surface area contributed by atoms with Gasteiger partial charge in [0, 0.05) is 5.56 Å². The number of hydrogen-bond donors (Lipinski definition) is 2. The first-order valence-corrected chi connectivity index (χ1v) is 5.74. The van der Waals surface area contributed by atoms with Crippen molar-refractivity contribution < 1.29 is 14.7 Å². The topological polar surface area (TPSA) is 66.4 Å². The minimum absolute atomic E-state index is 0.159. The van der Waals surface area contributed by atoms with Gasteiger partial charge in [0.2, 0.25) is 0 Å². The second kappa shape index (κ2) is 6.24. The number of carbonyl (C=O) groups excluding carboxylic acids is 1. The highest BCUT2D eigenvalue weighted by Crippen LogP contribution is 2.04. The Morgan fingerprint density at radius 3 is 2.50 bits per heavy atom. The number of rotatable bonds is 3. The summed E-state index contributed by atoms with van der Waals surface area (Å²) in [5.41, 5.74) is 0.487. The summed E-state index contributed by atoms with van der Waals surface area (Å²) in [4.78, 5) is 21.8. The fraction of sp³-hybridized carbons (Fsp3) is 0.100. The van der Waals surface area contributed by atoms with E-state index in [0.29, 0.717) is 5.56 Å². The van der Waals surface area contributed by atoms with E-state index >= 15 is 0 Å². The van der Waals surface area contributed by atoms with Crippen molar-refractivity contribution in [3.8, 4) is 0 Å². The number of amides is 1. The van der Waals surface area contributed by atoms with Gasteiger partial charge >= 0.3 is 5.97 Å². The van der Waals surface area contributed by atoms with Gasteiger partial charge in [-0.15, -0.1) is 0 Å². The van der Waals surface area contributed by atoms with Crippen molar-refractivity contribution in [2.75, 3.05) is 5.75 Å². The van der Waals surface area contributed by atoms with Gasteiger partial charge < -0.3 is 10.4 Å². The van der Waals surface area contributed by atoms with Gasteiger partial charge in [0.25, 0.3) is 5.91 Å². The van der Waals surface area contributed by atoms with Crippen LogP contribution >= 0.6 is 24.0 Å². The molecule has 0 saturated carbocycles. The number of carboxylic acid groups (broad SMARTS) is 1. The molecule has 0 atom stereocenters. The van der Waals surface area contributed by atoms with Crippen LogP contribution in [-0.4, -0.2) is 27.1 Å². The number of carbonyl (C=O) groups is 2. The second-order valence-corrected chi connectivity index (χ2v) is 4.44. The summed E-state index contributed by atoms with van der Waals surface area (Å²) < 4.78 is 0.163. The van der Waals surface area contributed by atoms with Crippen LogP contribution in [0.25, 0.3) is 0 Å². The van der Waals surface area contributed by atoms with Crippen molar-refractivity contribution in [1.82, 2.24) is 5.32 Å². The maximum Gasteiger partial charge on any atom is 0.313 e. The fourth-order valence-corrected chi connectivity index (χ4v) is 1.61. The van der Waals surface area contributed by atoms with Crippen LogP contribution in [0, 0.1) is 0 Å². The predicted octanol–water partition coefficient (Wildman–Crippen LogP) is 1.52. The molecule has 6 heteroatoms. The smallest absolute Gasteiger partial charge is 0.313 e. The lowest BCUT2D eigenvalue weighted by Gasteiger charge is -2.04. The van der Waals surface area contributed by atoms with Crippen LogP contribution in [-0.2, 0) is 4.79 Å². The van der Waals surface area contributed by atoms with Gasteiger partial charge in [-0.05, 0) is 12.1 Å². The second-order valence-electron chi connectivity index (χ2n) is 2.79. The van der Waals surface area contributed by atoms with Crippen molar-refractivity contribution in [2.24, 2.45) is 0 Å². The number of aliphatic carboxylic acids is 1. The van der Waals surface area contributed by atoms with E-state index in [4.69, 9.17) is 17.3 Å². The zero-order chi connectivity index (χ0) is 12.0. The van der Waals surface area contributed by atoms with Crippen molar-refractivity contribution in [1.29, 1.82) is 0 Å². The van der Waals surface area contributed by atoms with Crippen LogP contribution in [0.15, 0.2) is 30.3 Å². The van der Waals surface area contributed by atoms with Gasteiger partial charge in [0.05, 0.1) is 5.75 Å². The first-order valence-electron chi connectivity index (χ1n) is 4.34. The van der Waals surface area contributed by atoms with Crippen LogP contribution < -0.4 is 5.32 Å². The molecule has 16 heavy (non-hydrogen) atoms. The molecule has 0 unspecified atom stereocenters. The monoisotopic (exact) mass is 255 g/mol. The number of benzene rings is 1. The fourth-order valence-electron chi connectivity index (χ4n) is 0.918. The van der Waals surface area contributed by atoms with Crippen molar-refractivity contribution in [3.63, 3.8) is 0 Å². The number of nitrogens with one attached hydrogen (secondary N) is 1. The number of thioether (sulfide) groups is 1. The summed E-state index contributed by atoms with van der Waals surface area (Å²) in [6, 6.07) is 8.58. The molecule has 1 aromatic carbocycles. The molecule has 2 N–H and O–H groups in total. The quantitative estimate of drug-likeness (QED) is 0.802. The van der Waals surface area contributed by atoms with Crippen LogP contribution in [0.4, 0.5) is 0 Å². The van der Waals surface area contributed by atoms with E-state index in [1.54, 1.807) is 30.3 Å². The Labute approximate surface area is 102 Å². The summed E-state index contributed by atoms with van der Waals surface area (Å²) in [5, 5.41) is 10.9. The van der Waals surface area contributed by atoms with Crippen LogP contribution in [0.1, 0.15) is 10.4 Å². The van der Waals surface area contributed by atoms with E-state index in [9.17, 15) is 9.59 Å². The molecule has 1 aromatic rings. The van der Waals surface area contributed by atoms with E-state index < -0.39 is 5.97 Å². The molecular formula is C10H9NO3S2. The predicted molar refractivity (Wildman–Crippen MR) is 66.6 cm³/mol. The average molecular weight is 255 g/mol. The molecule has 1 amide bonds. The highest BCUT2D eigenvalue weighted by atomic mass is 32.2. The standard InChI is InChI=1S/C10H9NO3S2/c12-8(13)6-16-10(15)11-9(14)7-4-2-1-3-5-7/h1-5H,6H2,(H,12,13)(H,11,14,15). The van der Waals surface area contributed by atoms with E-state index in [2.05, 4.69) is 5.32 Å². The first kappa shape index (κ1) is 12.7. The Hall–Kier alpha value is -1.40. The molecule has 0 aliphatic heterocycles. The molecular weight excluding hydrogens is 246 g/mol. The van der Waals surface area contributed by atoms with Crippen LogP contribution in [0.5, 0.6) is 0 Å². The maximum atomic E-state index is 11.5. The molecule has 0 radical (unpaired) electrons. The van der Waals surface area contributed by atoms with Gasteiger partial charge in [0.15, 0.2) is 0 Å². The normalized spacial score (nSPS) is 9.50. The maximum absolute atomic E-state index is 11.5. The van der Waals surface area contributed by atoms with E-state index in [-0.39, 0.29) is 16.0 Å². The summed E-state index contributed by atoms with van der Waals surface area (Å²) in [6.07, 6.45) is 0. The molecule has 0 heterocycles. The Bertz CT molecular complexity index is 406. The lowest BCUT2D eigenvalue weighted by Crippen LogP contribution is -2.27. The lowest BCUT2D eigenvalue weighted by atomic mass is 10.2. The summed E-state index contributed by atoms with van der Waals surface area (Å²) in [7, 11) is 0. The molecule has 0 fully saturated rings. The van der Waals surface area contributed by atoms with Gasteiger partial charge in [-0.3, -0.25) is 9.59 Å². The summed E-state index contributed by atoms with van der Waals surface area (Å²) in [5.74, 6) is -1.46. The molecule has 84 valence electrons. The highest BCUT2D eigenvalue weighted by molar-refractivity contribution is 8.23. The Morgan fingerprint density at radius 1 is 1.31 bits per heavy atom. The SMILES string of the molecule is O=C(O)CSC(=S)NC(=O)c1ccccc1. The molecule has 0 saturated heterocycles. The average Bonchev–Trinajstić information content (AvgIpc) is 2.27. The zero-order valence-corrected chi connectivity index (χ0v) is 9.81. The molecule has 0 bridgehead atoms. The van der Waals surface area contributed by atoms with Gasteiger partial charge in [-0.1, -0.05) is 42.2 Å². The largest absolute Gasteiger partial charge is 0.481 e. The van der Waals surface area contributed by atoms with Gasteiger partial charge in [-0.2, -0.15) is 0 Å². The number of carboxylic acids is 1. The van der Waals surface area contributed by atoms with Crippen molar-refractivity contribution in [3.05, 3.63) is 35.9 Å². The minimum atomic E-state index is -0.971. The number of thiocarbonyl (C=S) groups is 1. The van der Waals surface area contributed by atoms with Crippen molar-refractivity contribution in [2.45, 2.75) is 0 Å². The van der Waals surface area contributed by atoms with E-state index in [1.807, 2.05) is 0 Å².